The number of ether oxygens (including phenoxy) is 2. The monoisotopic (exact) mass is 354 g/mol. The van der Waals surface area contributed by atoms with E-state index < -0.39 is 23.5 Å². The molecule has 0 amide bonds. The number of carbonyl (C=O) groups excluding carboxylic acids is 4. The van der Waals surface area contributed by atoms with E-state index >= 15 is 0 Å². The van der Waals surface area contributed by atoms with Gasteiger partial charge in [-0.25, -0.2) is 0 Å². The highest BCUT2D eigenvalue weighted by Gasteiger charge is 2.15. The molecule has 0 aliphatic heterocycles. The van der Waals surface area contributed by atoms with Crippen LogP contribution in [0.2, 0.25) is 0 Å². The molecule has 0 aliphatic rings. The van der Waals surface area contributed by atoms with E-state index in [1.807, 2.05) is 0 Å². The van der Waals surface area contributed by atoms with Gasteiger partial charge >= 0.3 is 11.9 Å². The summed E-state index contributed by atoms with van der Waals surface area (Å²) in [5, 5.41) is 0. The number of hydrogen-bond donors (Lipinski definition) is 0. The Kier molecular flexibility index (Phi) is 6.38. The molecule has 0 heterocycles. The zero-order chi connectivity index (χ0) is 19.1. The Morgan fingerprint density at radius 3 is 1.19 bits per heavy atom. The molecule has 2 aromatic carbocycles. The van der Waals surface area contributed by atoms with Gasteiger partial charge in [0.1, 0.15) is 11.5 Å². The summed E-state index contributed by atoms with van der Waals surface area (Å²) in [4.78, 5) is 45.9. The Balaban J connectivity index is 1.91. The van der Waals surface area contributed by atoms with Gasteiger partial charge in [-0.3, -0.25) is 19.2 Å². The smallest absolute Gasteiger partial charge is 0.308 e. The standard InChI is InChI=1S/C20H18O6/c1-13(21)25-17-7-3-15(4-8-17)11-19(23)20(24)12-16-5-9-18(10-6-16)26-14(2)22/h3-10H,11-12H2,1-2H3. The lowest BCUT2D eigenvalue weighted by Gasteiger charge is -2.05. The van der Waals surface area contributed by atoms with E-state index in [9.17, 15) is 19.2 Å². The van der Waals surface area contributed by atoms with Crippen LogP contribution in [0.1, 0.15) is 25.0 Å². The number of hydrogen-bond acceptors (Lipinski definition) is 6. The van der Waals surface area contributed by atoms with Crippen molar-refractivity contribution in [3.63, 3.8) is 0 Å². The summed E-state index contributed by atoms with van der Waals surface area (Å²) in [6.07, 6.45) is -0.0462. The summed E-state index contributed by atoms with van der Waals surface area (Å²) in [7, 11) is 0. The van der Waals surface area contributed by atoms with Gasteiger partial charge in [0.2, 0.25) is 11.6 Å². The molecule has 6 heteroatoms. The van der Waals surface area contributed by atoms with Crippen molar-refractivity contribution >= 4 is 23.5 Å². The topological polar surface area (TPSA) is 86.7 Å². The number of ketones is 2. The van der Waals surface area contributed by atoms with Crippen molar-refractivity contribution in [2.75, 3.05) is 0 Å². The molecule has 26 heavy (non-hydrogen) atoms. The van der Waals surface area contributed by atoms with Crippen LogP contribution in [0.25, 0.3) is 0 Å². The summed E-state index contributed by atoms with van der Waals surface area (Å²) < 4.78 is 9.82. The molecular formula is C20H18O6. The molecule has 0 N–H and O–H groups in total. The van der Waals surface area contributed by atoms with E-state index in [4.69, 9.17) is 9.47 Å². The number of esters is 2. The SMILES string of the molecule is CC(=O)Oc1ccc(CC(=O)C(=O)Cc2ccc(OC(C)=O)cc2)cc1. The lowest BCUT2D eigenvalue weighted by Crippen LogP contribution is -2.18. The molecule has 0 saturated heterocycles. The van der Waals surface area contributed by atoms with E-state index in [-0.39, 0.29) is 12.8 Å². The molecule has 0 spiro atoms. The minimum Gasteiger partial charge on any atom is -0.427 e. The first-order valence-corrected chi connectivity index (χ1v) is 7.94. The molecule has 134 valence electrons. The van der Waals surface area contributed by atoms with Crippen LogP contribution in [0.15, 0.2) is 48.5 Å². The van der Waals surface area contributed by atoms with Crippen molar-refractivity contribution in [2.45, 2.75) is 26.7 Å². The van der Waals surface area contributed by atoms with E-state index in [1.165, 1.54) is 13.8 Å². The summed E-state index contributed by atoms with van der Waals surface area (Å²) in [5.74, 6) is -1.10. The molecule has 0 fully saturated rings. The molecule has 0 unspecified atom stereocenters. The molecule has 0 saturated carbocycles. The van der Waals surface area contributed by atoms with Crippen molar-refractivity contribution in [3.05, 3.63) is 59.7 Å². The predicted octanol–water partition coefficient (Wildman–Crippen LogP) is 2.46. The fourth-order valence-electron chi connectivity index (χ4n) is 2.25. The van der Waals surface area contributed by atoms with Crippen LogP contribution in [0, 0.1) is 0 Å². The van der Waals surface area contributed by atoms with Crippen molar-refractivity contribution < 1.29 is 28.7 Å². The van der Waals surface area contributed by atoms with Crippen molar-refractivity contribution in [2.24, 2.45) is 0 Å². The molecule has 2 aromatic rings. The summed E-state index contributed by atoms with van der Waals surface area (Å²) in [6.45, 7) is 2.60. The minimum absolute atomic E-state index is 0.0231. The van der Waals surface area contributed by atoms with Gasteiger partial charge in [0.05, 0.1) is 0 Å². The third-order valence-electron chi connectivity index (χ3n) is 3.41. The normalized spacial score (nSPS) is 10.1. The Labute approximate surface area is 150 Å². The summed E-state index contributed by atoms with van der Waals surface area (Å²) >= 11 is 0. The number of Topliss-reactive ketones (excluding diaryl/α,β-unsaturated/α-hetero) is 2. The highest BCUT2D eigenvalue weighted by Crippen LogP contribution is 2.15. The Morgan fingerprint density at radius 2 is 0.923 bits per heavy atom. The van der Waals surface area contributed by atoms with Crippen LogP contribution >= 0.6 is 0 Å². The Morgan fingerprint density at radius 1 is 0.615 bits per heavy atom. The molecule has 6 nitrogen and oxygen atoms in total. The van der Waals surface area contributed by atoms with Gasteiger partial charge in [0.25, 0.3) is 0 Å². The quantitative estimate of drug-likeness (QED) is 0.431. The number of benzene rings is 2. The fraction of sp³-hybridized carbons (Fsp3) is 0.200. The van der Waals surface area contributed by atoms with E-state index in [0.717, 1.165) is 0 Å². The largest absolute Gasteiger partial charge is 0.427 e. The van der Waals surface area contributed by atoms with E-state index in [2.05, 4.69) is 0 Å². The first kappa shape index (κ1) is 19.1. The van der Waals surface area contributed by atoms with Crippen LogP contribution in [-0.4, -0.2) is 23.5 Å². The van der Waals surface area contributed by atoms with Crippen LogP contribution in [0.4, 0.5) is 0 Å². The Hall–Kier alpha value is -3.28. The van der Waals surface area contributed by atoms with Crippen molar-refractivity contribution in [1.82, 2.24) is 0 Å². The lowest BCUT2D eigenvalue weighted by atomic mass is 10.0. The number of carbonyl (C=O) groups is 4. The number of rotatable bonds is 7. The third kappa shape index (κ3) is 5.98. The maximum atomic E-state index is 12.1. The molecule has 0 aliphatic carbocycles. The maximum Gasteiger partial charge on any atom is 0.308 e. The molecule has 0 radical (unpaired) electrons. The molecule has 2 rings (SSSR count). The van der Waals surface area contributed by atoms with Gasteiger partial charge in [-0.05, 0) is 35.4 Å². The third-order valence-corrected chi connectivity index (χ3v) is 3.41. The van der Waals surface area contributed by atoms with Crippen LogP contribution < -0.4 is 9.47 Å². The first-order valence-electron chi connectivity index (χ1n) is 7.94. The summed E-state index contributed by atoms with van der Waals surface area (Å²) in [6, 6.07) is 12.8. The van der Waals surface area contributed by atoms with Gasteiger partial charge in [0.15, 0.2) is 0 Å². The second kappa shape index (κ2) is 8.71. The summed E-state index contributed by atoms with van der Waals surface area (Å²) in [5.41, 5.74) is 1.31. The first-order chi connectivity index (χ1) is 12.3. The highest BCUT2D eigenvalue weighted by atomic mass is 16.5. The van der Waals surface area contributed by atoms with Gasteiger partial charge in [-0.1, -0.05) is 24.3 Å². The lowest BCUT2D eigenvalue weighted by molar-refractivity contribution is -0.135. The van der Waals surface area contributed by atoms with E-state index in [1.54, 1.807) is 48.5 Å². The molecule has 0 aromatic heterocycles. The maximum absolute atomic E-state index is 12.1. The predicted molar refractivity (Wildman–Crippen MR) is 92.9 cm³/mol. The molecule has 0 atom stereocenters. The second-order valence-electron chi connectivity index (χ2n) is 5.68. The average molecular weight is 354 g/mol. The van der Waals surface area contributed by atoms with Crippen LogP contribution in [0.3, 0.4) is 0 Å². The molecule has 0 bridgehead atoms. The average Bonchev–Trinajstić information content (AvgIpc) is 2.57. The fourth-order valence-corrected chi connectivity index (χ4v) is 2.25. The van der Waals surface area contributed by atoms with Gasteiger partial charge in [-0.15, -0.1) is 0 Å². The van der Waals surface area contributed by atoms with Crippen LogP contribution in [0.5, 0.6) is 11.5 Å². The minimum atomic E-state index is -0.505. The van der Waals surface area contributed by atoms with E-state index in [0.29, 0.717) is 22.6 Å². The second-order valence-corrected chi connectivity index (χ2v) is 5.68. The van der Waals surface area contributed by atoms with Gasteiger partial charge < -0.3 is 9.47 Å². The zero-order valence-corrected chi connectivity index (χ0v) is 14.5. The highest BCUT2D eigenvalue weighted by molar-refractivity contribution is 6.38. The van der Waals surface area contributed by atoms with Crippen molar-refractivity contribution in [3.8, 4) is 11.5 Å². The Bertz CT molecular complexity index is 747. The zero-order valence-electron chi connectivity index (χ0n) is 14.5. The van der Waals surface area contributed by atoms with Gasteiger partial charge in [0, 0.05) is 26.7 Å². The van der Waals surface area contributed by atoms with Crippen LogP contribution in [-0.2, 0) is 32.0 Å². The molecular weight excluding hydrogens is 336 g/mol. The van der Waals surface area contributed by atoms with Crippen molar-refractivity contribution in [1.29, 1.82) is 0 Å². The van der Waals surface area contributed by atoms with Gasteiger partial charge in [-0.2, -0.15) is 0 Å².